The van der Waals surface area contributed by atoms with Crippen LogP contribution in [0.5, 0.6) is 5.75 Å². The van der Waals surface area contributed by atoms with Crippen LogP contribution in [0.25, 0.3) is 0 Å². The predicted molar refractivity (Wildman–Crippen MR) is 67.6 cm³/mol. The van der Waals surface area contributed by atoms with Gasteiger partial charge in [0.1, 0.15) is 18.2 Å². The molecule has 0 radical (unpaired) electrons. The van der Waals surface area contributed by atoms with E-state index in [9.17, 15) is 9.18 Å². The van der Waals surface area contributed by atoms with Crippen LogP contribution in [0.3, 0.4) is 0 Å². The summed E-state index contributed by atoms with van der Waals surface area (Å²) in [6.45, 7) is 0.261. The smallest absolute Gasteiger partial charge is 0.163 e. The van der Waals surface area contributed by atoms with Crippen molar-refractivity contribution in [1.29, 1.82) is 0 Å². The first-order valence-corrected chi connectivity index (χ1v) is 6.11. The Balaban J connectivity index is 1.73. The molecule has 0 fully saturated rings. The Bertz CT molecular complexity index is 640. The number of ketones is 1. The first kappa shape index (κ1) is 11.8. The monoisotopic (exact) mass is 257 g/mol. The summed E-state index contributed by atoms with van der Waals surface area (Å²) in [6.07, 6.45) is 4.07. The van der Waals surface area contributed by atoms with Crippen molar-refractivity contribution in [2.75, 3.05) is 0 Å². The number of ether oxygens (including phenoxy) is 1. The molecule has 3 rings (SSSR count). The fraction of sp³-hybridized carbons (Fsp3) is 0.200. The van der Waals surface area contributed by atoms with Crippen molar-refractivity contribution in [2.45, 2.75) is 19.4 Å². The van der Waals surface area contributed by atoms with E-state index in [1.165, 1.54) is 6.07 Å². The van der Waals surface area contributed by atoms with Crippen molar-refractivity contribution < 1.29 is 13.9 Å². The summed E-state index contributed by atoms with van der Waals surface area (Å²) >= 11 is 0. The standard InChI is InChI=1S/C15H12FNO2/c16-12-5-10(7-17-8-12)9-19-13-2-3-14-11(6-13)1-4-15(14)18/h2-3,5-8H,1,4,9H2. The summed E-state index contributed by atoms with van der Waals surface area (Å²) in [7, 11) is 0. The van der Waals surface area contributed by atoms with E-state index in [0.717, 1.165) is 23.7 Å². The molecule has 1 aliphatic carbocycles. The molecule has 1 aliphatic rings. The van der Waals surface area contributed by atoms with Gasteiger partial charge < -0.3 is 4.74 Å². The molecule has 0 bridgehead atoms. The maximum Gasteiger partial charge on any atom is 0.163 e. The van der Waals surface area contributed by atoms with Crippen LogP contribution in [0, 0.1) is 5.82 Å². The number of hydrogen-bond acceptors (Lipinski definition) is 3. The van der Waals surface area contributed by atoms with E-state index in [2.05, 4.69) is 4.98 Å². The molecule has 96 valence electrons. The molecule has 0 unspecified atom stereocenters. The van der Waals surface area contributed by atoms with Crippen LogP contribution in [-0.2, 0) is 13.0 Å². The minimum Gasteiger partial charge on any atom is -0.489 e. The summed E-state index contributed by atoms with van der Waals surface area (Å²) in [4.78, 5) is 15.3. The van der Waals surface area contributed by atoms with Crippen LogP contribution in [0.2, 0.25) is 0 Å². The normalized spacial score (nSPS) is 13.4. The number of carbonyl (C=O) groups is 1. The molecule has 3 nitrogen and oxygen atoms in total. The number of benzene rings is 1. The minimum absolute atomic E-state index is 0.191. The highest BCUT2D eigenvalue weighted by Gasteiger charge is 2.19. The molecule has 4 heteroatoms. The van der Waals surface area contributed by atoms with Crippen molar-refractivity contribution in [3.8, 4) is 5.75 Å². The van der Waals surface area contributed by atoms with Crippen molar-refractivity contribution in [3.05, 3.63) is 59.2 Å². The second kappa shape index (κ2) is 4.80. The van der Waals surface area contributed by atoms with Crippen molar-refractivity contribution in [1.82, 2.24) is 4.98 Å². The van der Waals surface area contributed by atoms with Gasteiger partial charge in [0.25, 0.3) is 0 Å². The number of nitrogens with zero attached hydrogens (tertiary/aromatic N) is 1. The van der Waals surface area contributed by atoms with Crippen LogP contribution in [0.1, 0.15) is 27.9 Å². The summed E-state index contributed by atoms with van der Waals surface area (Å²) in [5.41, 5.74) is 2.50. The van der Waals surface area contributed by atoms with Crippen LogP contribution < -0.4 is 4.74 Å². The molecule has 0 amide bonds. The van der Waals surface area contributed by atoms with Crippen molar-refractivity contribution in [3.63, 3.8) is 0 Å². The average molecular weight is 257 g/mol. The molecule has 19 heavy (non-hydrogen) atoms. The lowest BCUT2D eigenvalue weighted by Crippen LogP contribution is -1.98. The van der Waals surface area contributed by atoms with Crippen LogP contribution in [0.15, 0.2) is 36.7 Å². The van der Waals surface area contributed by atoms with Gasteiger partial charge >= 0.3 is 0 Å². The van der Waals surface area contributed by atoms with Gasteiger partial charge in [0.05, 0.1) is 6.20 Å². The second-order valence-electron chi connectivity index (χ2n) is 4.54. The third-order valence-corrected chi connectivity index (χ3v) is 3.17. The first-order chi connectivity index (χ1) is 9.22. The Hall–Kier alpha value is -2.23. The van der Waals surface area contributed by atoms with E-state index >= 15 is 0 Å². The maximum absolute atomic E-state index is 13.0. The topological polar surface area (TPSA) is 39.2 Å². The molecule has 0 saturated carbocycles. The fourth-order valence-corrected chi connectivity index (χ4v) is 2.22. The lowest BCUT2D eigenvalue weighted by Gasteiger charge is -2.07. The molecule has 2 aromatic rings. The third kappa shape index (κ3) is 2.47. The zero-order valence-corrected chi connectivity index (χ0v) is 10.2. The number of fused-ring (bicyclic) bond motifs is 1. The Kier molecular flexibility index (Phi) is 2.99. The van der Waals surface area contributed by atoms with E-state index in [4.69, 9.17) is 4.74 Å². The highest BCUT2D eigenvalue weighted by Crippen LogP contribution is 2.26. The van der Waals surface area contributed by atoms with Crippen molar-refractivity contribution in [2.24, 2.45) is 0 Å². The summed E-state index contributed by atoms with van der Waals surface area (Å²) in [5.74, 6) is 0.509. The van der Waals surface area contributed by atoms with Gasteiger partial charge in [0.15, 0.2) is 5.78 Å². The molecule has 0 spiro atoms. The molecule has 0 atom stereocenters. The summed E-state index contributed by atoms with van der Waals surface area (Å²) in [6, 6.07) is 6.84. The Morgan fingerprint density at radius 1 is 1.21 bits per heavy atom. The fourth-order valence-electron chi connectivity index (χ4n) is 2.22. The van der Waals surface area contributed by atoms with E-state index in [-0.39, 0.29) is 18.2 Å². The molecule has 1 heterocycles. The van der Waals surface area contributed by atoms with Gasteiger partial charge in [-0.05, 0) is 36.2 Å². The van der Waals surface area contributed by atoms with Gasteiger partial charge in [0.2, 0.25) is 0 Å². The first-order valence-electron chi connectivity index (χ1n) is 6.11. The van der Waals surface area contributed by atoms with Gasteiger partial charge in [0, 0.05) is 23.7 Å². The van der Waals surface area contributed by atoms with E-state index in [1.807, 2.05) is 6.07 Å². The van der Waals surface area contributed by atoms with Gasteiger partial charge in [-0.1, -0.05) is 0 Å². The lowest BCUT2D eigenvalue weighted by molar-refractivity contribution is 0.0994. The van der Waals surface area contributed by atoms with Gasteiger partial charge in [-0.2, -0.15) is 0 Å². The number of hydrogen-bond donors (Lipinski definition) is 0. The lowest BCUT2D eigenvalue weighted by atomic mass is 10.1. The Morgan fingerprint density at radius 3 is 2.95 bits per heavy atom. The SMILES string of the molecule is O=C1CCc2cc(OCc3cncc(F)c3)ccc21. The second-order valence-corrected chi connectivity index (χ2v) is 4.54. The molecule has 1 aromatic heterocycles. The molecule has 0 saturated heterocycles. The molecular weight excluding hydrogens is 245 g/mol. The van der Waals surface area contributed by atoms with Crippen LogP contribution in [0.4, 0.5) is 4.39 Å². The number of halogens is 1. The Morgan fingerprint density at radius 2 is 2.11 bits per heavy atom. The van der Waals surface area contributed by atoms with Gasteiger partial charge in [-0.15, -0.1) is 0 Å². The number of aromatic nitrogens is 1. The quantitative estimate of drug-likeness (QED) is 0.848. The van der Waals surface area contributed by atoms with Gasteiger partial charge in [-0.3, -0.25) is 9.78 Å². The van der Waals surface area contributed by atoms with Crippen LogP contribution in [-0.4, -0.2) is 10.8 Å². The molecular formula is C15H12FNO2. The number of pyridine rings is 1. The van der Waals surface area contributed by atoms with Crippen molar-refractivity contribution >= 4 is 5.78 Å². The van der Waals surface area contributed by atoms with E-state index < -0.39 is 0 Å². The maximum atomic E-state index is 13.0. The highest BCUT2D eigenvalue weighted by molar-refractivity contribution is 6.00. The van der Waals surface area contributed by atoms with Gasteiger partial charge in [-0.25, -0.2) is 4.39 Å². The number of aryl methyl sites for hydroxylation is 1. The Labute approximate surface area is 110 Å². The third-order valence-electron chi connectivity index (χ3n) is 3.17. The highest BCUT2D eigenvalue weighted by atomic mass is 19.1. The number of rotatable bonds is 3. The molecule has 0 N–H and O–H groups in total. The minimum atomic E-state index is -0.374. The molecule has 0 aliphatic heterocycles. The number of Topliss-reactive ketones (excluding diaryl/α,β-unsaturated/α-hetero) is 1. The number of carbonyl (C=O) groups excluding carboxylic acids is 1. The summed E-state index contributed by atoms with van der Waals surface area (Å²) in [5, 5.41) is 0. The van der Waals surface area contributed by atoms with E-state index in [0.29, 0.717) is 17.7 Å². The zero-order valence-electron chi connectivity index (χ0n) is 10.2. The average Bonchev–Trinajstić information content (AvgIpc) is 2.78. The molecule has 1 aromatic carbocycles. The predicted octanol–water partition coefficient (Wildman–Crippen LogP) is 2.93. The largest absolute Gasteiger partial charge is 0.489 e. The zero-order chi connectivity index (χ0) is 13.2. The van der Waals surface area contributed by atoms with Crippen LogP contribution >= 0.6 is 0 Å². The summed E-state index contributed by atoms with van der Waals surface area (Å²) < 4.78 is 18.5. The van der Waals surface area contributed by atoms with E-state index in [1.54, 1.807) is 18.3 Å².